The average Bonchev–Trinajstić information content (AvgIpc) is 3.77. The summed E-state index contributed by atoms with van der Waals surface area (Å²) >= 11 is 0. The van der Waals surface area contributed by atoms with Gasteiger partial charge in [0.25, 0.3) is 0 Å². The number of nitrogens with one attached hydrogen (secondary N) is 3. The largest absolute Gasteiger partial charge is 0.353 e. The van der Waals surface area contributed by atoms with Crippen LogP contribution in [0.15, 0.2) is 12.5 Å². The van der Waals surface area contributed by atoms with Crippen molar-refractivity contribution in [3.63, 3.8) is 0 Å². The maximum Gasteiger partial charge on any atom is 0.243 e. The molecule has 9 heteroatoms. The van der Waals surface area contributed by atoms with Crippen LogP contribution in [0.2, 0.25) is 0 Å². The van der Waals surface area contributed by atoms with Gasteiger partial charge in [-0.3, -0.25) is 14.4 Å². The van der Waals surface area contributed by atoms with Gasteiger partial charge in [-0.05, 0) is 19.3 Å². The number of carbonyl (C=O) groups is 3. The summed E-state index contributed by atoms with van der Waals surface area (Å²) in [5.41, 5.74) is 6.26. The molecular formula is C35H70N6O3. The summed E-state index contributed by atoms with van der Waals surface area (Å²) in [5, 5.41) is 5.62. The Labute approximate surface area is 270 Å². The van der Waals surface area contributed by atoms with E-state index in [1.54, 1.807) is 17.4 Å². The molecule has 1 aliphatic heterocycles. The molecule has 0 radical (unpaired) electrons. The SMILES string of the molecule is CC.CC.CC.CCCCCCCCCCCCCCCC(=O)N1CCCC1C(=O)NC(Cc1cnc[nH]1)C(=O)NCCN. The first-order valence-corrected chi connectivity index (χ1v) is 18.1. The second-order valence-corrected chi connectivity index (χ2v) is 10.7. The molecule has 1 aliphatic rings. The summed E-state index contributed by atoms with van der Waals surface area (Å²) in [4.78, 5) is 47.4. The van der Waals surface area contributed by atoms with Gasteiger partial charge in [0.2, 0.25) is 17.7 Å². The number of rotatable bonds is 21. The summed E-state index contributed by atoms with van der Waals surface area (Å²) in [5.74, 6) is -0.515. The molecule has 3 amide bonds. The van der Waals surface area contributed by atoms with E-state index in [0.29, 0.717) is 38.9 Å². The third-order valence-electron chi connectivity index (χ3n) is 7.43. The molecule has 1 saturated heterocycles. The van der Waals surface area contributed by atoms with Crippen LogP contribution in [0.5, 0.6) is 0 Å². The van der Waals surface area contributed by atoms with E-state index in [1.165, 1.54) is 70.6 Å². The highest BCUT2D eigenvalue weighted by Gasteiger charge is 2.35. The lowest BCUT2D eigenvalue weighted by molar-refractivity contribution is -0.139. The molecule has 0 bridgehead atoms. The Bertz CT molecular complexity index is 787. The molecule has 1 aromatic rings. The summed E-state index contributed by atoms with van der Waals surface area (Å²) < 4.78 is 0. The van der Waals surface area contributed by atoms with E-state index in [1.807, 2.05) is 41.5 Å². The maximum atomic E-state index is 13.1. The lowest BCUT2D eigenvalue weighted by Gasteiger charge is -2.26. The first kappa shape index (κ1) is 43.7. The first-order chi connectivity index (χ1) is 21.6. The molecule has 1 fully saturated rings. The van der Waals surface area contributed by atoms with Crippen molar-refractivity contribution < 1.29 is 14.4 Å². The number of H-pyrrole nitrogens is 1. The van der Waals surface area contributed by atoms with E-state index in [-0.39, 0.29) is 17.7 Å². The first-order valence-electron chi connectivity index (χ1n) is 18.1. The zero-order chi connectivity index (χ0) is 33.4. The van der Waals surface area contributed by atoms with E-state index < -0.39 is 12.1 Å². The van der Waals surface area contributed by atoms with Gasteiger partial charge in [0.05, 0.1) is 6.33 Å². The van der Waals surface area contributed by atoms with Crippen molar-refractivity contribution >= 4 is 17.7 Å². The maximum absolute atomic E-state index is 13.1. The molecule has 0 aromatic carbocycles. The van der Waals surface area contributed by atoms with Gasteiger partial charge < -0.3 is 26.3 Å². The molecule has 44 heavy (non-hydrogen) atoms. The van der Waals surface area contributed by atoms with Crippen LogP contribution in [0.25, 0.3) is 0 Å². The lowest BCUT2D eigenvalue weighted by Crippen LogP contribution is -2.54. The molecule has 258 valence electrons. The Morgan fingerprint density at radius 2 is 1.45 bits per heavy atom. The molecule has 1 aromatic heterocycles. The van der Waals surface area contributed by atoms with Crippen molar-refractivity contribution in [1.29, 1.82) is 0 Å². The molecule has 0 saturated carbocycles. The summed E-state index contributed by atoms with van der Waals surface area (Å²) in [6.07, 6.45) is 21.9. The zero-order valence-corrected chi connectivity index (χ0v) is 29.6. The predicted molar refractivity (Wildman–Crippen MR) is 185 cm³/mol. The normalized spacial score (nSPS) is 14.2. The monoisotopic (exact) mass is 623 g/mol. The van der Waals surface area contributed by atoms with Gasteiger partial charge >= 0.3 is 0 Å². The molecule has 0 aliphatic carbocycles. The van der Waals surface area contributed by atoms with Crippen LogP contribution in [-0.4, -0.2) is 64.3 Å². The van der Waals surface area contributed by atoms with Gasteiger partial charge in [-0.15, -0.1) is 0 Å². The number of unbranched alkanes of at least 4 members (excludes halogenated alkanes) is 12. The van der Waals surface area contributed by atoms with Crippen molar-refractivity contribution in [2.24, 2.45) is 5.73 Å². The second kappa shape index (κ2) is 32.0. The van der Waals surface area contributed by atoms with Crippen LogP contribution in [0, 0.1) is 0 Å². The summed E-state index contributed by atoms with van der Waals surface area (Å²) in [7, 11) is 0. The van der Waals surface area contributed by atoms with Crippen LogP contribution in [-0.2, 0) is 20.8 Å². The average molecular weight is 623 g/mol. The molecule has 2 heterocycles. The van der Waals surface area contributed by atoms with E-state index >= 15 is 0 Å². The fraction of sp³-hybridized carbons (Fsp3) is 0.829. The van der Waals surface area contributed by atoms with E-state index in [0.717, 1.165) is 25.0 Å². The molecule has 2 rings (SSSR count). The van der Waals surface area contributed by atoms with Crippen molar-refractivity contribution in [1.82, 2.24) is 25.5 Å². The highest BCUT2D eigenvalue weighted by Crippen LogP contribution is 2.20. The zero-order valence-electron chi connectivity index (χ0n) is 29.6. The highest BCUT2D eigenvalue weighted by atomic mass is 16.2. The number of hydrogen-bond acceptors (Lipinski definition) is 5. The van der Waals surface area contributed by atoms with Gasteiger partial charge in [0.15, 0.2) is 0 Å². The fourth-order valence-corrected chi connectivity index (χ4v) is 5.19. The fourth-order valence-electron chi connectivity index (χ4n) is 5.19. The lowest BCUT2D eigenvalue weighted by atomic mass is 10.0. The third kappa shape index (κ3) is 20.5. The Morgan fingerprint density at radius 3 is 1.95 bits per heavy atom. The van der Waals surface area contributed by atoms with E-state index in [2.05, 4.69) is 27.5 Å². The molecular weight excluding hydrogens is 552 g/mol. The number of carbonyl (C=O) groups excluding carboxylic acids is 3. The molecule has 2 unspecified atom stereocenters. The molecule has 5 N–H and O–H groups in total. The van der Waals surface area contributed by atoms with Crippen molar-refractivity contribution in [2.75, 3.05) is 19.6 Å². The quantitative estimate of drug-likeness (QED) is 0.109. The minimum Gasteiger partial charge on any atom is -0.353 e. The van der Waals surface area contributed by atoms with Crippen LogP contribution in [0.3, 0.4) is 0 Å². The van der Waals surface area contributed by atoms with Crippen molar-refractivity contribution in [3.05, 3.63) is 18.2 Å². The molecule has 0 spiro atoms. The Hall–Kier alpha value is -2.42. The predicted octanol–water partition coefficient (Wildman–Crippen LogP) is 7.06. The number of amides is 3. The number of hydrogen-bond donors (Lipinski definition) is 4. The van der Waals surface area contributed by atoms with Crippen LogP contribution in [0.4, 0.5) is 0 Å². The number of nitrogens with two attached hydrogens (primary N) is 1. The van der Waals surface area contributed by atoms with Crippen LogP contribution in [0.1, 0.15) is 157 Å². The van der Waals surface area contributed by atoms with Gasteiger partial charge in [-0.25, -0.2) is 4.98 Å². The van der Waals surface area contributed by atoms with Gasteiger partial charge in [0.1, 0.15) is 12.1 Å². The third-order valence-corrected chi connectivity index (χ3v) is 7.43. The van der Waals surface area contributed by atoms with Crippen molar-refractivity contribution in [2.45, 2.75) is 170 Å². The van der Waals surface area contributed by atoms with E-state index in [4.69, 9.17) is 5.73 Å². The number of likely N-dealkylation sites (tertiary alicyclic amines) is 1. The number of imidazole rings is 1. The Kier molecular flexibility index (Phi) is 31.8. The second-order valence-electron chi connectivity index (χ2n) is 10.7. The van der Waals surface area contributed by atoms with Gasteiger partial charge in [-0.1, -0.05) is 126 Å². The van der Waals surface area contributed by atoms with Crippen LogP contribution < -0.4 is 16.4 Å². The van der Waals surface area contributed by atoms with Crippen LogP contribution >= 0.6 is 0 Å². The van der Waals surface area contributed by atoms with E-state index in [9.17, 15) is 14.4 Å². The topological polar surface area (TPSA) is 133 Å². The molecule has 9 nitrogen and oxygen atoms in total. The summed E-state index contributed by atoms with van der Waals surface area (Å²) in [6, 6.07) is -1.27. The number of aromatic nitrogens is 2. The van der Waals surface area contributed by atoms with Gasteiger partial charge in [0, 0.05) is 44.4 Å². The Morgan fingerprint density at radius 1 is 0.909 bits per heavy atom. The number of aromatic amines is 1. The minimum absolute atomic E-state index is 0.0448. The van der Waals surface area contributed by atoms with Crippen molar-refractivity contribution in [3.8, 4) is 0 Å². The number of nitrogens with zero attached hydrogens (tertiary/aromatic N) is 2. The minimum atomic E-state index is -0.756. The summed E-state index contributed by atoms with van der Waals surface area (Å²) in [6.45, 7) is 15.5. The molecule has 2 atom stereocenters. The van der Waals surface area contributed by atoms with Gasteiger partial charge in [-0.2, -0.15) is 0 Å². The standard InChI is InChI=1S/C29H52N6O3.3C2H6/c1-2-3-4-5-6-7-8-9-10-11-12-13-14-17-27(36)35-20-15-16-26(35)29(38)34-25(28(37)32-19-18-30)21-24-22-31-23-33-24;3*1-2/h22-23,25-26H,2-21,30H2,1H3,(H,31,33)(H,32,37)(H,34,38);3*1-2H3. The highest BCUT2D eigenvalue weighted by molar-refractivity contribution is 5.92. The Balaban J connectivity index is 0. The smallest absolute Gasteiger partial charge is 0.243 e.